The number of anilines is 1. The molecule has 0 aliphatic heterocycles. The Bertz CT molecular complexity index is 621. The van der Waals surface area contributed by atoms with E-state index < -0.39 is 0 Å². The quantitative estimate of drug-likeness (QED) is 0.746. The third-order valence-electron chi connectivity index (χ3n) is 4.25. The summed E-state index contributed by atoms with van der Waals surface area (Å²) in [7, 11) is 0. The molecule has 0 saturated carbocycles. The number of benzene rings is 2. The van der Waals surface area contributed by atoms with Gasteiger partial charge < -0.3 is 5.32 Å². The Morgan fingerprint density at radius 3 is 2.55 bits per heavy atom. The molecular formula is C18H20ClN. The van der Waals surface area contributed by atoms with Crippen molar-refractivity contribution in [1.29, 1.82) is 0 Å². The normalized spacial score (nSPS) is 21.4. The maximum atomic E-state index is 6.34. The van der Waals surface area contributed by atoms with Crippen LogP contribution < -0.4 is 5.32 Å². The molecule has 20 heavy (non-hydrogen) atoms. The fraction of sp³-hybridized carbons (Fsp3) is 0.333. The zero-order chi connectivity index (χ0) is 14.1. The lowest BCUT2D eigenvalue weighted by atomic mass is 9.81. The Labute approximate surface area is 126 Å². The molecule has 1 nitrogen and oxygen atoms in total. The molecule has 104 valence electrons. The van der Waals surface area contributed by atoms with Gasteiger partial charge in [-0.15, -0.1) is 0 Å². The van der Waals surface area contributed by atoms with Crippen LogP contribution in [-0.2, 0) is 0 Å². The summed E-state index contributed by atoms with van der Waals surface area (Å²) in [6.45, 7) is 4.38. The molecule has 0 spiro atoms. The van der Waals surface area contributed by atoms with Gasteiger partial charge in [0.05, 0.1) is 16.8 Å². The van der Waals surface area contributed by atoms with E-state index in [1.54, 1.807) is 0 Å². The molecule has 0 aromatic heterocycles. The Balaban J connectivity index is 1.90. The van der Waals surface area contributed by atoms with Crippen LogP contribution in [0.15, 0.2) is 42.5 Å². The van der Waals surface area contributed by atoms with Crippen LogP contribution in [0.1, 0.15) is 48.4 Å². The van der Waals surface area contributed by atoms with E-state index in [1.807, 2.05) is 6.07 Å². The molecule has 2 atom stereocenters. The van der Waals surface area contributed by atoms with E-state index in [4.69, 9.17) is 11.6 Å². The molecule has 0 radical (unpaired) electrons. The predicted octanol–water partition coefficient (Wildman–Crippen LogP) is 5.70. The number of rotatable bonds is 2. The fourth-order valence-corrected chi connectivity index (χ4v) is 3.37. The standard InChI is InChI=1S/C18H20ClN/c1-12-7-9-18(16(19)11-12)20-17-10-8-13(2)14-5-3-4-6-15(14)17/h3-7,9,11,13,17,20H,8,10H2,1-2H3. The van der Waals surface area contributed by atoms with Crippen molar-refractivity contribution in [2.75, 3.05) is 5.32 Å². The minimum absolute atomic E-state index is 0.364. The Hall–Kier alpha value is -1.47. The highest BCUT2D eigenvalue weighted by atomic mass is 35.5. The third-order valence-corrected chi connectivity index (χ3v) is 4.56. The van der Waals surface area contributed by atoms with Crippen LogP contribution in [-0.4, -0.2) is 0 Å². The second kappa shape index (κ2) is 5.49. The van der Waals surface area contributed by atoms with Crippen molar-refractivity contribution >= 4 is 17.3 Å². The molecule has 0 heterocycles. The van der Waals surface area contributed by atoms with Crippen molar-refractivity contribution in [2.45, 2.75) is 38.6 Å². The lowest BCUT2D eigenvalue weighted by Gasteiger charge is -2.31. The highest BCUT2D eigenvalue weighted by molar-refractivity contribution is 6.33. The average molecular weight is 286 g/mol. The monoisotopic (exact) mass is 285 g/mol. The van der Waals surface area contributed by atoms with E-state index in [9.17, 15) is 0 Å². The number of hydrogen-bond acceptors (Lipinski definition) is 1. The van der Waals surface area contributed by atoms with E-state index in [-0.39, 0.29) is 0 Å². The second-order valence-electron chi connectivity index (χ2n) is 5.79. The van der Waals surface area contributed by atoms with Gasteiger partial charge in [0.1, 0.15) is 0 Å². The molecule has 2 aromatic rings. The van der Waals surface area contributed by atoms with Gasteiger partial charge >= 0.3 is 0 Å². The van der Waals surface area contributed by atoms with Crippen molar-refractivity contribution < 1.29 is 0 Å². The lowest BCUT2D eigenvalue weighted by molar-refractivity contribution is 0.534. The summed E-state index contributed by atoms with van der Waals surface area (Å²) in [5, 5.41) is 4.43. The van der Waals surface area contributed by atoms with Gasteiger partial charge in [-0.1, -0.05) is 48.9 Å². The van der Waals surface area contributed by atoms with E-state index in [0.29, 0.717) is 12.0 Å². The molecule has 2 unspecified atom stereocenters. The molecule has 2 aromatic carbocycles. The van der Waals surface area contributed by atoms with Gasteiger partial charge in [-0.2, -0.15) is 0 Å². The van der Waals surface area contributed by atoms with Gasteiger partial charge in [-0.25, -0.2) is 0 Å². The Kier molecular flexibility index (Phi) is 3.71. The first-order valence-corrected chi connectivity index (χ1v) is 7.64. The van der Waals surface area contributed by atoms with E-state index in [2.05, 4.69) is 55.6 Å². The van der Waals surface area contributed by atoms with Crippen LogP contribution in [0.3, 0.4) is 0 Å². The van der Waals surface area contributed by atoms with Crippen molar-refractivity contribution in [1.82, 2.24) is 0 Å². The average Bonchev–Trinajstić information content (AvgIpc) is 2.45. The molecule has 2 heteroatoms. The summed E-state index contributed by atoms with van der Waals surface area (Å²) in [6.07, 6.45) is 2.38. The molecule has 0 saturated heterocycles. The largest absolute Gasteiger partial charge is 0.377 e. The van der Waals surface area contributed by atoms with Crippen LogP contribution in [0.5, 0.6) is 0 Å². The SMILES string of the molecule is Cc1ccc(NC2CCC(C)c3ccccc32)c(Cl)c1. The van der Waals surface area contributed by atoms with Gasteiger partial charge in [-0.3, -0.25) is 0 Å². The van der Waals surface area contributed by atoms with Crippen molar-refractivity contribution in [3.63, 3.8) is 0 Å². The molecule has 0 amide bonds. The summed E-state index contributed by atoms with van der Waals surface area (Å²) in [5.74, 6) is 0.651. The summed E-state index contributed by atoms with van der Waals surface area (Å²) in [4.78, 5) is 0. The van der Waals surface area contributed by atoms with Gasteiger partial charge in [0.25, 0.3) is 0 Å². The molecule has 1 aliphatic rings. The summed E-state index contributed by atoms with van der Waals surface area (Å²) < 4.78 is 0. The third kappa shape index (κ3) is 2.55. The number of hydrogen-bond donors (Lipinski definition) is 1. The first-order valence-electron chi connectivity index (χ1n) is 7.26. The van der Waals surface area contributed by atoms with Crippen LogP contribution in [0.4, 0.5) is 5.69 Å². The first kappa shape index (κ1) is 13.5. The number of nitrogens with one attached hydrogen (secondary N) is 1. The molecule has 0 bridgehead atoms. The Morgan fingerprint density at radius 1 is 1.05 bits per heavy atom. The zero-order valence-electron chi connectivity index (χ0n) is 12.0. The van der Waals surface area contributed by atoms with Gasteiger partial charge in [0.2, 0.25) is 0 Å². The van der Waals surface area contributed by atoms with E-state index >= 15 is 0 Å². The highest BCUT2D eigenvalue weighted by Gasteiger charge is 2.24. The maximum Gasteiger partial charge on any atom is 0.0640 e. The minimum atomic E-state index is 0.364. The fourth-order valence-electron chi connectivity index (χ4n) is 3.08. The van der Waals surface area contributed by atoms with Crippen LogP contribution in [0.25, 0.3) is 0 Å². The first-order chi connectivity index (χ1) is 9.65. The number of fused-ring (bicyclic) bond motifs is 1. The molecular weight excluding hydrogens is 266 g/mol. The smallest absolute Gasteiger partial charge is 0.0640 e. The summed E-state index contributed by atoms with van der Waals surface area (Å²) in [6, 6.07) is 15.3. The molecule has 3 rings (SSSR count). The van der Waals surface area contributed by atoms with Gasteiger partial charge in [0.15, 0.2) is 0 Å². The number of halogens is 1. The number of aryl methyl sites for hydroxylation is 1. The van der Waals surface area contributed by atoms with E-state index in [1.165, 1.54) is 23.1 Å². The maximum absolute atomic E-state index is 6.34. The molecule has 0 fully saturated rings. The van der Waals surface area contributed by atoms with Crippen molar-refractivity contribution in [3.8, 4) is 0 Å². The van der Waals surface area contributed by atoms with Crippen molar-refractivity contribution in [2.24, 2.45) is 0 Å². The lowest BCUT2D eigenvalue weighted by Crippen LogP contribution is -2.19. The second-order valence-corrected chi connectivity index (χ2v) is 6.19. The van der Waals surface area contributed by atoms with Crippen molar-refractivity contribution in [3.05, 3.63) is 64.2 Å². The highest BCUT2D eigenvalue weighted by Crippen LogP contribution is 2.39. The zero-order valence-corrected chi connectivity index (χ0v) is 12.7. The molecule has 1 N–H and O–H groups in total. The minimum Gasteiger partial charge on any atom is -0.377 e. The van der Waals surface area contributed by atoms with Crippen LogP contribution in [0.2, 0.25) is 5.02 Å². The van der Waals surface area contributed by atoms with Gasteiger partial charge in [-0.05, 0) is 54.5 Å². The van der Waals surface area contributed by atoms with Crippen LogP contribution in [0, 0.1) is 6.92 Å². The van der Waals surface area contributed by atoms with Gasteiger partial charge in [0, 0.05) is 0 Å². The predicted molar refractivity (Wildman–Crippen MR) is 86.6 cm³/mol. The van der Waals surface area contributed by atoms with E-state index in [0.717, 1.165) is 17.1 Å². The Morgan fingerprint density at radius 2 is 1.80 bits per heavy atom. The summed E-state index contributed by atoms with van der Waals surface area (Å²) >= 11 is 6.34. The van der Waals surface area contributed by atoms with Crippen LogP contribution >= 0.6 is 11.6 Å². The topological polar surface area (TPSA) is 12.0 Å². The molecule has 1 aliphatic carbocycles. The summed E-state index contributed by atoms with van der Waals surface area (Å²) in [5.41, 5.74) is 5.12.